The zero-order valence-corrected chi connectivity index (χ0v) is 8.17. The minimum Gasteiger partial charge on any atom is -0.507 e. The third kappa shape index (κ3) is 1.97. The highest BCUT2D eigenvalue weighted by molar-refractivity contribution is 9.10. The van der Waals surface area contributed by atoms with Crippen molar-refractivity contribution in [3.8, 4) is 5.75 Å². The Kier molecular flexibility index (Phi) is 3.08. The molecular formula is C8H10BrNO2. The molecule has 0 spiro atoms. The highest BCUT2D eigenvalue weighted by Gasteiger charge is 2.05. The van der Waals surface area contributed by atoms with Crippen molar-refractivity contribution in [1.82, 2.24) is 5.48 Å². The molecule has 0 aliphatic rings. The first-order chi connectivity index (χ1) is 5.65. The van der Waals surface area contributed by atoms with Crippen LogP contribution in [0.15, 0.2) is 22.7 Å². The van der Waals surface area contributed by atoms with E-state index < -0.39 is 0 Å². The third-order valence-electron chi connectivity index (χ3n) is 1.67. The predicted octanol–water partition coefficient (Wildman–Crippen LogP) is 2.19. The lowest BCUT2D eigenvalue weighted by Gasteiger charge is -2.09. The van der Waals surface area contributed by atoms with Crippen molar-refractivity contribution in [2.45, 2.75) is 13.0 Å². The fraction of sp³-hybridized carbons (Fsp3) is 0.250. The van der Waals surface area contributed by atoms with E-state index in [0.717, 1.165) is 5.56 Å². The summed E-state index contributed by atoms with van der Waals surface area (Å²) in [5, 5.41) is 17.8. The number of rotatable bonds is 2. The van der Waals surface area contributed by atoms with Gasteiger partial charge in [-0.2, -0.15) is 5.48 Å². The monoisotopic (exact) mass is 231 g/mol. The Labute approximate surface area is 79.1 Å². The van der Waals surface area contributed by atoms with E-state index in [9.17, 15) is 0 Å². The Morgan fingerprint density at radius 2 is 2.17 bits per heavy atom. The lowest BCUT2D eigenvalue weighted by atomic mass is 10.1. The molecule has 12 heavy (non-hydrogen) atoms. The van der Waals surface area contributed by atoms with Gasteiger partial charge in [-0.25, -0.2) is 0 Å². The number of aromatic hydroxyl groups is 1. The number of hydroxylamine groups is 1. The molecule has 0 aliphatic heterocycles. The quantitative estimate of drug-likeness (QED) is 0.685. The summed E-state index contributed by atoms with van der Waals surface area (Å²) in [6.45, 7) is 1.82. The molecule has 66 valence electrons. The average molecular weight is 232 g/mol. The van der Waals surface area contributed by atoms with Crippen LogP contribution >= 0.6 is 15.9 Å². The molecule has 0 unspecified atom stereocenters. The Morgan fingerprint density at radius 1 is 1.50 bits per heavy atom. The summed E-state index contributed by atoms with van der Waals surface area (Å²) < 4.78 is 0.627. The molecule has 0 heterocycles. The van der Waals surface area contributed by atoms with Crippen LogP contribution in [0.25, 0.3) is 0 Å². The average Bonchev–Trinajstić information content (AvgIpc) is 2.08. The lowest BCUT2D eigenvalue weighted by molar-refractivity contribution is 0.133. The first-order valence-corrected chi connectivity index (χ1v) is 4.32. The van der Waals surface area contributed by atoms with Gasteiger partial charge in [0.1, 0.15) is 5.75 Å². The van der Waals surface area contributed by atoms with E-state index in [0.29, 0.717) is 4.47 Å². The van der Waals surface area contributed by atoms with Crippen LogP contribution in [0, 0.1) is 0 Å². The van der Waals surface area contributed by atoms with E-state index in [4.69, 9.17) is 10.3 Å². The number of nitrogens with one attached hydrogen (secondary N) is 1. The molecule has 3 N–H and O–H groups in total. The fourth-order valence-corrected chi connectivity index (χ4v) is 1.26. The molecule has 0 saturated heterocycles. The molecule has 0 fully saturated rings. The minimum atomic E-state index is -0.137. The Hall–Kier alpha value is -0.580. The second-order valence-corrected chi connectivity index (χ2v) is 3.42. The molecule has 1 rings (SSSR count). The van der Waals surface area contributed by atoms with E-state index in [1.54, 1.807) is 18.2 Å². The van der Waals surface area contributed by atoms with Gasteiger partial charge in [0.15, 0.2) is 0 Å². The van der Waals surface area contributed by atoms with Gasteiger partial charge in [-0.3, -0.25) is 0 Å². The van der Waals surface area contributed by atoms with Crippen LogP contribution in [0.2, 0.25) is 0 Å². The van der Waals surface area contributed by atoms with Crippen LogP contribution in [-0.4, -0.2) is 10.3 Å². The van der Waals surface area contributed by atoms with E-state index in [2.05, 4.69) is 21.4 Å². The molecule has 0 aromatic heterocycles. The van der Waals surface area contributed by atoms with Gasteiger partial charge in [-0.1, -0.05) is 6.07 Å². The van der Waals surface area contributed by atoms with Gasteiger partial charge in [0, 0.05) is 0 Å². The fourth-order valence-electron chi connectivity index (χ4n) is 0.867. The topological polar surface area (TPSA) is 52.5 Å². The van der Waals surface area contributed by atoms with Crippen LogP contribution in [0.5, 0.6) is 5.75 Å². The zero-order valence-electron chi connectivity index (χ0n) is 6.58. The molecule has 0 saturated carbocycles. The maximum Gasteiger partial charge on any atom is 0.129 e. The van der Waals surface area contributed by atoms with Gasteiger partial charge in [-0.15, -0.1) is 0 Å². The molecule has 1 atom stereocenters. The van der Waals surface area contributed by atoms with Crippen molar-refractivity contribution in [3.63, 3.8) is 0 Å². The maximum absolute atomic E-state index is 9.17. The molecule has 0 aliphatic carbocycles. The number of hydrogen-bond donors (Lipinski definition) is 3. The largest absolute Gasteiger partial charge is 0.507 e. The predicted molar refractivity (Wildman–Crippen MR) is 49.1 cm³/mol. The highest BCUT2D eigenvalue weighted by atomic mass is 79.9. The molecule has 1 aromatic rings. The summed E-state index contributed by atoms with van der Waals surface area (Å²) in [7, 11) is 0. The normalized spacial score (nSPS) is 12.9. The van der Waals surface area contributed by atoms with E-state index >= 15 is 0 Å². The van der Waals surface area contributed by atoms with Gasteiger partial charge in [0.25, 0.3) is 0 Å². The van der Waals surface area contributed by atoms with Gasteiger partial charge in [0.2, 0.25) is 0 Å². The summed E-state index contributed by atoms with van der Waals surface area (Å²) >= 11 is 3.18. The van der Waals surface area contributed by atoms with Crippen LogP contribution in [0.3, 0.4) is 0 Å². The lowest BCUT2D eigenvalue weighted by Crippen LogP contribution is -2.12. The summed E-state index contributed by atoms with van der Waals surface area (Å²) in [6, 6.07) is 4.94. The van der Waals surface area contributed by atoms with Crippen LogP contribution in [0.4, 0.5) is 0 Å². The number of benzene rings is 1. The molecule has 0 radical (unpaired) electrons. The van der Waals surface area contributed by atoms with E-state index in [1.807, 2.05) is 6.92 Å². The van der Waals surface area contributed by atoms with Crippen molar-refractivity contribution in [2.24, 2.45) is 0 Å². The molecule has 3 nitrogen and oxygen atoms in total. The van der Waals surface area contributed by atoms with Gasteiger partial charge < -0.3 is 10.3 Å². The van der Waals surface area contributed by atoms with Crippen LogP contribution < -0.4 is 5.48 Å². The molecule has 4 heteroatoms. The van der Waals surface area contributed by atoms with Gasteiger partial charge >= 0.3 is 0 Å². The summed E-state index contributed by atoms with van der Waals surface area (Å²) in [5.74, 6) is 0.198. The first kappa shape index (κ1) is 9.51. The highest BCUT2D eigenvalue weighted by Crippen LogP contribution is 2.26. The van der Waals surface area contributed by atoms with E-state index in [1.165, 1.54) is 0 Å². The summed E-state index contributed by atoms with van der Waals surface area (Å²) in [6.07, 6.45) is 0. The molecule has 1 aromatic carbocycles. The van der Waals surface area contributed by atoms with Gasteiger partial charge in [-0.05, 0) is 40.5 Å². The van der Waals surface area contributed by atoms with Crippen LogP contribution in [0.1, 0.15) is 18.5 Å². The van der Waals surface area contributed by atoms with Crippen LogP contribution in [-0.2, 0) is 0 Å². The van der Waals surface area contributed by atoms with Crippen molar-refractivity contribution >= 4 is 15.9 Å². The number of hydrogen-bond acceptors (Lipinski definition) is 3. The maximum atomic E-state index is 9.17. The number of phenols is 1. The smallest absolute Gasteiger partial charge is 0.129 e. The Balaban J connectivity index is 2.96. The number of phenolic OH excluding ortho intramolecular Hbond substituents is 1. The van der Waals surface area contributed by atoms with Gasteiger partial charge in [0.05, 0.1) is 10.5 Å². The minimum absolute atomic E-state index is 0.137. The Bertz CT molecular complexity index is 278. The first-order valence-electron chi connectivity index (χ1n) is 3.53. The van der Waals surface area contributed by atoms with Crippen molar-refractivity contribution in [2.75, 3.05) is 0 Å². The molecule has 0 amide bonds. The summed E-state index contributed by atoms with van der Waals surface area (Å²) in [5.41, 5.74) is 3.03. The summed E-state index contributed by atoms with van der Waals surface area (Å²) in [4.78, 5) is 0. The van der Waals surface area contributed by atoms with Crippen molar-refractivity contribution in [1.29, 1.82) is 0 Å². The SMILES string of the molecule is C[C@H](NO)c1ccc(O)c(Br)c1. The van der Waals surface area contributed by atoms with Crippen molar-refractivity contribution < 1.29 is 10.3 Å². The second kappa shape index (κ2) is 3.89. The Morgan fingerprint density at radius 3 is 2.67 bits per heavy atom. The van der Waals surface area contributed by atoms with Crippen molar-refractivity contribution in [3.05, 3.63) is 28.2 Å². The molecular weight excluding hydrogens is 222 g/mol. The zero-order chi connectivity index (χ0) is 9.14. The second-order valence-electron chi connectivity index (χ2n) is 2.56. The third-order valence-corrected chi connectivity index (χ3v) is 2.30. The standard InChI is InChI=1S/C8H10BrNO2/c1-5(10-12)6-2-3-8(11)7(9)4-6/h2-5,10-12H,1H3/t5-/m0/s1. The van der Waals surface area contributed by atoms with E-state index in [-0.39, 0.29) is 11.8 Å². The molecule has 0 bridgehead atoms. The number of halogens is 1.